The van der Waals surface area contributed by atoms with Crippen LogP contribution in [0.15, 0.2) is 41.1 Å². The third-order valence-electron chi connectivity index (χ3n) is 3.39. The standard InChI is InChI=1S/C16H16ClNS3/c1-2-11-7-9-20-14(11)10-18-16(12-4-3-8-19-12)13-5-6-15(17)21-13/h3-9,16,18H,2,10H2,1H3. The van der Waals surface area contributed by atoms with Crippen molar-refractivity contribution in [3.63, 3.8) is 0 Å². The van der Waals surface area contributed by atoms with Gasteiger partial charge in [0.15, 0.2) is 0 Å². The number of halogens is 1. The molecule has 1 nitrogen and oxygen atoms in total. The summed E-state index contributed by atoms with van der Waals surface area (Å²) in [5, 5.41) is 8.01. The molecule has 1 N–H and O–H groups in total. The Morgan fingerprint density at radius 2 is 2.00 bits per heavy atom. The minimum absolute atomic E-state index is 0.231. The Morgan fingerprint density at radius 3 is 2.67 bits per heavy atom. The van der Waals surface area contributed by atoms with Crippen LogP contribution in [0, 0.1) is 0 Å². The predicted octanol–water partition coefficient (Wildman–Crippen LogP) is 5.97. The molecule has 0 aliphatic carbocycles. The summed E-state index contributed by atoms with van der Waals surface area (Å²) in [5.74, 6) is 0. The molecule has 3 aromatic heterocycles. The van der Waals surface area contributed by atoms with Gasteiger partial charge >= 0.3 is 0 Å². The molecule has 0 saturated carbocycles. The van der Waals surface area contributed by atoms with Gasteiger partial charge in [-0.3, -0.25) is 5.32 Å². The van der Waals surface area contributed by atoms with Crippen LogP contribution < -0.4 is 5.32 Å². The number of thiophene rings is 3. The highest BCUT2D eigenvalue weighted by Gasteiger charge is 2.17. The fourth-order valence-electron chi connectivity index (χ4n) is 2.31. The maximum absolute atomic E-state index is 6.11. The lowest BCUT2D eigenvalue weighted by atomic mass is 10.1. The number of aryl methyl sites for hydroxylation is 1. The van der Waals surface area contributed by atoms with Gasteiger partial charge in [-0.2, -0.15) is 0 Å². The highest BCUT2D eigenvalue weighted by molar-refractivity contribution is 7.16. The molecule has 0 aliphatic heterocycles. The zero-order valence-corrected chi connectivity index (χ0v) is 14.8. The predicted molar refractivity (Wildman–Crippen MR) is 96.0 cm³/mol. The van der Waals surface area contributed by atoms with E-state index in [1.165, 1.54) is 20.2 Å². The van der Waals surface area contributed by atoms with Gasteiger partial charge in [-0.05, 0) is 47.0 Å². The minimum atomic E-state index is 0.231. The summed E-state index contributed by atoms with van der Waals surface area (Å²) in [4.78, 5) is 4.04. The van der Waals surface area contributed by atoms with E-state index in [0.29, 0.717) is 0 Å². The molecule has 5 heteroatoms. The summed E-state index contributed by atoms with van der Waals surface area (Å²) in [7, 11) is 0. The lowest BCUT2D eigenvalue weighted by Gasteiger charge is -2.16. The summed E-state index contributed by atoms with van der Waals surface area (Å²) in [6.45, 7) is 3.11. The molecule has 0 radical (unpaired) electrons. The maximum atomic E-state index is 6.11. The molecule has 110 valence electrons. The van der Waals surface area contributed by atoms with Crippen molar-refractivity contribution in [3.8, 4) is 0 Å². The van der Waals surface area contributed by atoms with E-state index in [-0.39, 0.29) is 6.04 Å². The van der Waals surface area contributed by atoms with Crippen molar-refractivity contribution >= 4 is 45.6 Å². The minimum Gasteiger partial charge on any atom is -0.300 e. The van der Waals surface area contributed by atoms with Crippen molar-refractivity contribution in [1.82, 2.24) is 5.32 Å². The van der Waals surface area contributed by atoms with Crippen molar-refractivity contribution in [3.05, 3.63) is 65.6 Å². The Bertz CT molecular complexity index is 684. The highest BCUT2D eigenvalue weighted by Crippen LogP contribution is 2.33. The van der Waals surface area contributed by atoms with E-state index in [2.05, 4.69) is 47.3 Å². The Hall–Kier alpha value is -0.650. The highest BCUT2D eigenvalue weighted by atomic mass is 35.5. The van der Waals surface area contributed by atoms with E-state index in [1.54, 1.807) is 22.7 Å². The Morgan fingerprint density at radius 1 is 1.10 bits per heavy atom. The largest absolute Gasteiger partial charge is 0.300 e. The Kier molecular flexibility index (Phi) is 5.14. The third-order valence-corrected chi connectivity index (χ3v) is 6.59. The SMILES string of the molecule is CCc1ccsc1CNC(c1cccs1)c1ccc(Cl)s1. The molecular formula is C16H16ClNS3. The topological polar surface area (TPSA) is 12.0 Å². The average Bonchev–Trinajstić information content (AvgIpc) is 3.21. The number of hydrogen-bond acceptors (Lipinski definition) is 4. The van der Waals surface area contributed by atoms with Crippen molar-refractivity contribution in [2.45, 2.75) is 25.9 Å². The number of nitrogens with one attached hydrogen (secondary N) is 1. The summed E-state index contributed by atoms with van der Waals surface area (Å²) in [6, 6.07) is 10.8. The molecule has 1 unspecified atom stereocenters. The second-order valence-corrected chi connectivity index (χ2v) is 8.42. The van der Waals surface area contributed by atoms with Crippen LogP contribution in [0.2, 0.25) is 4.34 Å². The lowest BCUT2D eigenvalue weighted by molar-refractivity contribution is 0.624. The summed E-state index contributed by atoms with van der Waals surface area (Å²) >= 11 is 11.4. The Labute approximate surface area is 142 Å². The lowest BCUT2D eigenvalue weighted by Crippen LogP contribution is -2.20. The summed E-state index contributed by atoms with van der Waals surface area (Å²) in [5.41, 5.74) is 1.45. The smallest absolute Gasteiger partial charge is 0.0931 e. The van der Waals surface area contributed by atoms with Gasteiger partial charge in [0, 0.05) is 21.2 Å². The molecule has 0 saturated heterocycles. The van der Waals surface area contributed by atoms with Crippen LogP contribution >= 0.6 is 45.6 Å². The van der Waals surface area contributed by atoms with Gasteiger partial charge in [-0.15, -0.1) is 34.0 Å². The normalized spacial score (nSPS) is 12.7. The van der Waals surface area contributed by atoms with Gasteiger partial charge in [0.05, 0.1) is 10.4 Å². The van der Waals surface area contributed by atoms with Gasteiger partial charge in [-0.1, -0.05) is 24.6 Å². The van der Waals surface area contributed by atoms with Crippen LogP contribution in [0.25, 0.3) is 0 Å². The van der Waals surface area contributed by atoms with Crippen LogP contribution in [0.4, 0.5) is 0 Å². The zero-order chi connectivity index (χ0) is 14.7. The van der Waals surface area contributed by atoms with Crippen LogP contribution in [0.5, 0.6) is 0 Å². The fourth-order valence-corrected chi connectivity index (χ4v) is 5.29. The van der Waals surface area contributed by atoms with E-state index < -0.39 is 0 Å². The van der Waals surface area contributed by atoms with Crippen LogP contribution in [0.3, 0.4) is 0 Å². The van der Waals surface area contributed by atoms with E-state index in [0.717, 1.165) is 17.3 Å². The van der Waals surface area contributed by atoms with E-state index >= 15 is 0 Å². The second kappa shape index (κ2) is 7.07. The molecule has 1 atom stereocenters. The molecule has 0 aromatic carbocycles. The molecule has 0 fully saturated rings. The third kappa shape index (κ3) is 3.58. The van der Waals surface area contributed by atoms with Gasteiger partial charge in [-0.25, -0.2) is 0 Å². The zero-order valence-electron chi connectivity index (χ0n) is 11.6. The van der Waals surface area contributed by atoms with Gasteiger partial charge in [0.1, 0.15) is 0 Å². The monoisotopic (exact) mass is 353 g/mol. The maximum Gasteiger partial charge on any atom is 0.0931 e. The van der Waals surface area contributed by atoms with E-state index in [1.807, 2.05) is 17.4 Å². The summed E-state index contributed by atoms with van der Waals surface area (Å²) in [6.07, 6.45) is 1.09. The van der Waals surface area contributed by atoms with Gasteiger partial charge in [0.25, 0.3) is 0 Å². The summed E-state index contributed by atoms with van der Waals surface area (Å²) < 4.78 is 0.846. The first-order valence-electron chi connectivity index (χ1n) is 6.85. The first-order chi connectivity index (χ1) is 10.3. The van der Waals surface area contributed by atoms with Gasteiger partial charge < -0.3 is 0 Å². The van der Waals surface area contributed by atoms with Crippen molar-refractivity contribution in [2.75, 3.05) is 0 Å². The second-order valence-electron chi connectivity index (χ2n) is 4.69. The number of hydrogen-bond donors (Lipinski definition) is 1. The average molecular weight is 354 g/mol. The van der Waals surface area contributed by atoms with Crippen molar-refractivity contribution in [2.24, 2.45) is 0 Å². The molecule has 0 amide bonds. The molecule has 3 aromatic rings. The molecular weight excluding hydrogens is 338 g/mol. The van der Waals surface area contributed by atoms with Crippen molar-refractivity contribution in [1.29, 1.82) is 0 Å². The molecule has 0 spiro atoms. The Balaban J connectivity index is 1.80. The van der Waals surface area contributed by atoms with Crippen LogP contribution in [-0.4, -0.2) is 0 Å². The molecule has 3 rings (SSSR count). The molecule has 0 bridgehead atoms. The molecule has 0 aliphatic rings. The van der Waals surface area contributed by atoms with Crippen LogP contribution in [-0.2, 0) is 13.0 Å². The molecule has 3 heterocycles. The number of rotatable bonds is 6. The van der Waals surface area contributed by atoms with E-state index in [9.17, 15) is 0 Å². The fraction of sp³-hybridized carbons (Fsp3) is 0.250. The van der Waals surface area contributed by atoms with Crippen molar-refractivity contribution < 1.29 is 0 Å². The molecule has 21 heavy (non-hydrogen) atoms. The van der Waals surface area contributed by atoms with Gasteiger partial charge in [0.2, 0.25) is 0 Å². The quantitative estimate of drug-likeness (QED) is 0.576. The first-order valence-corrected chi connectivity index (χ1v) is 9.80. The van der Waals surface area contributed by atoms with E-state index in [4.69, 9.17) is 11.6 Å². The van der Waals surface area contributed by atoms with Crippen LogP contribution in [0.1, 0.15) is 33.2 Å². The first kappa shape index (κ1) is 15.3.